The van der Waals surface area contributed by atoms with E-state index in [0.717, 1.165) is 37.8 Å². The van der Waals surface area contributed by atoms with Gasteiger partial charge in [0.1, 0.15) is 15.9 Å². The number of carbonyl (C=O) groups excluding carboxylic acids is 1. The summed E-state index contributed by atoms with van der Waals surface area (Å²) in [5.41, 5.74) is 1.49. The molecule has 1 aliphatic heterocycles. The second kappa shape index (κ2) is 10.4. The van der Waals surface area contributed by atoms with Crippen LogP contribution >= 0.6 is 15.9 Å². The molecule has 6 rings (SSSR count). The fourth-order valence-corrected chi connectivity index (χ4v) is 5.75. The third kappa shape index (κ3) is 5.07. The normalized spacial score (nSPS) is 22.1. The minimum atomic E-state index is -0.413. The quantitative estimate of drug-likeness (QED) is 0.368. The molecule has 0 bridgehead atoms. The Kier molecular flexibility index (Phi) is 6.83. The second-order valence-electron chi connectivity index (χ2n) is 9.78. The third-order valence-electron chi connectivity index (χ3n) is 7.22. The highest BCUT2D eigenvalue weighted by Crippen LogP contribution is 2.33. The smallest absolute Gasteiger partial charge is 0.223 e. The summed E-state index contributed by atoms with van der Waals surface area (Å²) in [6.45, 7) is 2.75. The monoisotopic (exact) mass is 567 g/mol. The lowest BCUT2D eigenvalue weighted by atomic mass is 10.0. The molecule has 3 atom stereocenters. The van der Waals surface area contributed by atoms with E-state index in [1.54, 1.807) is 23.1 Å². The zero-order valence-electron chi connectivity index (χ0n) is 20.2. The number of halogens is 2. The van der Waals surface area contributed by atoms with Gasteiger partial charge < -0.3 is 15.4 Å². The Bertz CT molecular complexity index is 1460. The summed E-state index contributed by atoms with van der Waals surface area (Å²) in [4.78, 5) is 26.2. The summed E-state index contributed by atoms with van der Waals surface area (Å²) < 4.78 is 22.4. The molecular formula is C26H27BrFN7O2. The van der Waals surface area contributed by atoms with Crippen molar-refractivity contribution in [2.75, 3.05) is 26.3 Å². The Hall–Kier alpha value is -3.02. The number of nitrogens with zero attached hydrogens (tertiary/aromatic N) is 5. The molecule has 4 aromatic rings. The van der Waals surface area contributed by atoms with Crippen molar-refractivity contribution in [1.82, 2.24) is 35.4 Å². The molecule has 1 aliphatic carbocycles. The molecule has 192 valence electrons. The molecule has 0 spiro atoms. The summed E-state index contributed by atoms with van der Waals surface area (Å²) >= 11 is 3.49. The zero-order valence-corrected chi connectivity index (χ0v) is 21.7. The van der Waals surface area contributed by atoms with Crippen LogP contribution in [-0.2, 0) is 16.0 Å². The van der Waals surface area contributed by atoms with E-state index in [-0.39, 0.29) is 17.9 Å². The lowest BCUT2D eigenvalue weighted by Gasteiger charge is -2.24. The highest BCUT2D eigenvalue weighted by molar-refractivity contribution is 9.10. The van der Waals surface area contributed by atoms with Crippen molar-refractivity contribution < 1.29 is 13.9 Å². The van der Waals surface area contributed by atoms with Crippen molar-refractivity contribution in [1.29, 1.82) is 0 Å². The van der Waals surface area contributed by atoms with E-state index in [1.165, 1.54) is 6.07 Å². The van der Waals surface area contributed by atoms with Crippen LogP contribution in [-0.4, -0.2) is 63.0 Å². The maximum Gasteiger partial charge on any atom is 0.223 e. The number of nitrogens with one attached hydrogen (secondary N) is 2. The van der Waals surface area contributed by atoms with Gasteiger partial charge in [-0.1, -0.05) is 6.07 Å². The van der Waals surface area contributed by atoms with Crippen molar-refractivity contribution in [3.63, 3.8) is 0 Å². The highest BCUT2D eigenvalue weighted by Gasteiger charge is 2.31. The largest absolute Gasteiger partial charge is 0.378 e. The highest BCUT2D eigenvalue weighted by atomic mass is 79.9. The zero-order chi connectivity index (χ0) is 25.4. The number of ether oxygens (including phenoxy) is 1. The number of rotatable bonds is 6. The van der Waals surface area contributed by atoms with Gasteiger partial charge in [-0.15, -0.1) is 0 Å². The van der Waals surface area contributed by atoms with Gasteiger partial charge in [0.25, 0.3) is 0 Å². The standard InChI is InChI=1S/C26H27BrFN7O2/c27-24-20-13-31-22(9-15-3-4-17(8-15)26(36)32-12-18-14-37-7-6-29-18)33-25(20)35(34-24)19-10-16-2-1-5-30-23(16)21(28)11-19/h1-2,5,10-11,13,15,17-18,29H,3-4,6-9,12,14H2,(H,32,36)/t15-,17-,18+/m1/s1. The average Bonchev–Trinajstić information content (AvgIpc) is 3.52. The van der Waals surface area contributed by atoms with Crippen molar-refractivity contribution >= 4 is 43.8 Å². The molecule has 2 aliphatic rings. The molecule has 1 saturated heterocycles. The number of aromatic nitrogens is 5. The van der Waals surface area contributed by atoms with Gasteiger partial charge in [-0.05, 0) is 53.2 Å². The molecule has 2 fully saturated rings. The molecular weight excluding hydrogens is 541 g/mol. The maximum absolute atomic E-state index is 14.8. The Morgan fingerprint density at radius 2 is 2.22 bits per heavy atom. The van der Waals surface area contributed by atoms with Crippen LogP contribution in [0.25, 0.3) is 27.6 Å². The molecule has 9 nitrogen and oxygen atoms in total. The molecule has 1 aromatic carbocycles. The van der Waals surface area contributed by atoms with E-state index >= 15 is 0 Å². The Labute approximate surface area is 221 Å². The number of hydrogen-bond donors (Lipinski definition) is 2. The van der Waals surface area contributed by atoms with Gasteiger partial charge in [0.2, 0.25) is 5.91 Å². The maximum atomic E-state index is 14.8. The lowest BCUT2D eigenvalue weighted by molar-refractivity contribution is -0.125. The third-order valence-corrected chi connectivity index (χ3v) is 7.81. The Morgan fingerprint density at radius 1 is 1.30 bits per heavy atom. The first kappa shape index (κ1) is 24.3. The molecule has 1 saturated carbocycles. The SMILES string of the molecule is O=C(NC[C@H]1COCCN1)[C@@H]1CC[C@@H](Cc2ncc3c(Br)nn(-c4cc(F)c5ncccc5c4)c3n2)C1. The van der Waals surface area contributed by atoms with Gasteiger partial charge in [0, 0.05) is 55.3 Å². The van der Waals surface area contributed by atoms with E-state index in [1.807, 2.05) is 12.1 Å². The minimum absolute atomic E-state index is 0.00657. The van der Waals surface area contributed by atoms with Crippen LogP contribution in [0.5, 0.6) is 0 Å². The van der Waals surface area contributed by atoms with Crippen molar-refractivity contribution in [3.05, 3.63) is 52.9 Å². The summed E-state index contributed by atoms with van der Waals surface area (Å²) in [5, 5.41) is 12.4. The lowest BCUT2D eigenvalue weighted by Crippen LogP contribution is -2.49. The average molecular weight is 568 g/mol. The topological polar surface area (TPSA) is 107 Å². The first-order valence-corrected chi connectivity index (χ1v) is 13.4. The van der Waals surface area contributed by atoms with Gasteiger partial charge in [-0.2, -0.15) is 5.10 Å². The van der Waals surface area contributed by atoms with Gasteiger partial charge in [0.05, 0.1) is 24.3 Å². The van der Waals surface area contributed by atoms with Crippen molar-refractivity contribution in [2.45, 2.75) is 31.7 Å². The first-order chi connectivity index (χ1) is 18.0. The van der Waals surface area contributed by atoms with Gasteiger partial charge in [0.15, 0.2) is 11.5 Å². The van der Waals surface area contributed by atoms with E-state index in [2.05, 4.69) is 41.6 Å². The molecule has 3 aromatic heterocycles. The summed E-state index contributed by atoms with van der Waals surface area (Å²) in [6, 6.07) is 7.04. The van der Waals surface area contributed by atoms with Gasteiger partial charge in [-0.25, -0.2) is 19.0 Å². The number of carbonyl (C=O) groups is 1. The van der Waals surface area contributed by atoms with Crippen LogP contribution in [0.2, 0.25) is 0 Å². The molecule has 11 heteroatoms. The number of morpholine rings is 1. The number of hydrogen-bond acceptors (Lipinski definition) is 7. The second-order valence-corrected chi connectivity index (χ2v) is 10.5. The van der Waals surface area contributed by atoms with E-state index in [4.69, 9.17) is 9.72 Å². The van der Waals surface area contributed by atoms with Crippen molar-refractivity contribution in [3.8, 4) is 5.69 Å². The van der Waals surface area contributed by atoms with Gasteiger partial charge >= 0.3 is 0 Å². The molecule has 4 heterocycles. The predicted octanol–water partition coefficient (Wildman–Crippen LogP) is 3.33. The van der Waals surface area contributed by atoms with Crippen LogP contribution in [0.1, 0.15) is 25.1 Å². The first-order valence-electron chi connectivity index (χ1n) is 12.6. The number of amides is 1. The van der Waals surface area contributed by atoms with Crippen LogP contribution in [0.4, 0.5) is 4.39 Å². The van der Waals surface area contributed by atoms with Crippen molar-refractivity contribution in [2.24, 2.45) is 11.8 Å². The van der Waals surface area contributed by atoms with E-state index < -0.39 is 5.82 Å². The Morgan fingerprint density at radius 3 is 3.08 bits per heavy atom. The summed E-state index contributed by atoms with van der Waals surface area (Å²) in [6.07, 6.45) is 6.63. The molecule has 0 radical (unpaired) electrons. The minimum Gasteiger partial charge on any atom is -0.378 e. The summed E-state index contributed by atoms with van der Waals surface area (Å²) in [5.74, 6) is 0.726. The fourth-order valence-electron chi connectivity index (χ4n) is 5.31. The number of pyridine rings is 1. The molecule has 1 amide bonds. The molecule has 37 heavy (non-hydrogen) atoms. The molecule has 2 N–H and O–H groups in total. The summed E-state index contributed by atoms with van der Waals surface area (Å²) in [7, 11) is 0. The predicted molar refractivity (Wildman–Crippen MR) is 140 cm³/mol. The van der Waals surface area contributed by atoms with E-state index in [0.29, 0.717) is 58.2 Å². The number of benzene rings is 1. The van der Waals surface area contributed by atoms with Gasteiger partial charge in [-0.3, -0.25) is 9.78 Å². The van der Waals surface area contributed by atoms with Crippen LogP contribution in [0.3, 0.4) is 0 Å². The van der Waals surface area contributed by atoms with E-state index in [9.17, 15) is 9.18 Å². The molecule has 0 unspecified atom stereocenters. The van der Waals surface area contributed by atoms with Crippen LogP contribution in [0, 0.1) is 17.7 Å². The number of fused-ring (bicyclic) bond motifs is 2. The van der Waals surface area contributed by atoms with Crippen LogP contribution < -0.4 is 10.6 Å². The van der Waals surface area contributed by atoms with Crippen LogP contribution in [0.15, 0.2) is 41.3 Å². The Balaban J connectivity index is 1.17. The fraction of sp³-hybridized carbons (Fsp3) is 0.423.